The molecular weight excluding hydrogens is 200 g/mol. The highest BCUT2D eigenvalue weighted by molar-refractivity contribution is 5.79. The van der Waals surface area contributed by atoms with Crippen LogP contribution in [-0.4, -0.2) is 55.5 Å². The molecule has 1 aromatic heterocycles. The van der Waals surface area contributed by atoms with Gasteiger partial charge in [0, 0.05) is 47.1 Å². The van der Waals surface area contributed by atoms with E-state index in [1.165, 1.54) is 5.56 Å². The van der Waals surface area contributed by atoms with Crippen LogP contribution in [0.2, 0.25) is 0 Å². The smallest absolute Gasteiger partial charge is 0.195 e. The summed E-state index contributed by atoms with van der Waals surface area (Å²) >= 11 is 0. The minimum Gasteiger partial charge on any atom is -0.349 e. The minimum atomic E-state index is 0.801. The molecule has 0 aliphatic heterocycles. The lowest BCUT2D eigenvalue weighted by molar-refractivity contribution is 0.479. The van der Waals surface area contributed by atoms with Crippen molar-refractivity contribution in [3.8, 4) is 0 Å². The molecule has 4 heteroatoms. The summed E-state index contributed by atoms with van der Waals surface area (Å²) in [6, 6.07) is 4.06. The van der Waals surface area contributed by atoms with E-state index < -0.39 is 0 Å². The van der Waals surface area contributed by atoms with Crippen LogP contribution in [0.25, 0.3) is 0 Å². The van der Waals surface area contributed by atoms with E-state index in [0.29, 0.717) is 0 Å². The molecular formula is C12H20N4. The number of rotatable bonds is 3. The van der Waals surface area contributed by atoms with Crippen LogP contribution >= 0.6 is 0 Å². The zero-order valence-corrected chi connectivity index (χ0v) is 10.5. The van der Waals surface area contributed by atoms with Crippen LogP contribution in [0, 0.1) is 0 Å². The fraction of sp³-hybridized carbons (Fsp3) is 0.500. The fourth-order valence-electron chi connectivity index (χ4n) is 1.52. The minimum absolute atomic E-state index is 0.801. The predicted molar refractivity (Wildman–Crippen MR) is 67.6 cm³/mol. The van der Waals surface area contributed by atoms with Gasteiger partial charge in [-0.2, -0.15) is 0 Å². The Kier molecular flexibility index (Phi) is 4.76. The van der Waals surface area contributed by atoms with E-state index in [1.807, 2.05) is 62.5 Å². The van der Waals surface area contributed by atoms with Crippen molar-refractivity contribution in [2.75, 3.05) is 34.7 Å². The second-order valence-corrected chi connectivity index (χ2v) is 4.08. The summed E-state index contributed by atoms with van der Waals surface area (Å²) in [6.07, 6.45) is 4.59. The van der Waals surface area contributed by atoms with Gasteiger partial charge in [-0.05, 0) is 24.1 Å². The van der Waals surface area contributed by atoms with Gasteiger partial charge in [0.05, 0.1) is 0 Å². The normalized spacial score (nSPS) is 9.75. The molecule has 0 fully saturated rings. The Bertz CT molecular complexity index is 320. The third kappa shape index (κ3) is 3.88. The highest BCUT2D eigenvalue weighted by atomic mass is 15.3. The monoisotopic (exact) mass is 220 g/mol. The van der Waals surface area contributed by atoms with Crippen molar-refractivity contribution < 1.29 is 0 Å². The van der Waals surface area contributed by atoms with E-state index in [-0.39, 0.29) is 0 Å². The van der Waals surface area contributed by atoms with Crippen LogP contribution in [0.1, 0.15) is 5.56 Å². The molecule has 0 N–H and O–H groups in total. The van der Waals surface area contributed by atoms with Gasteiger partial charge in [0.25, 0.3) is 0 Å². The topological polar surface area (TPSA) is 31.7 Å². The summed E-state index contributed by atoms with van der Waals surface area (Å²) in [5, 5.41) is 0. The van der Waals surface area contributed by atoms with Crippen molar-refractivity contribution in [2.45, 2.75) is 6.42 Å². The van der Waals surface area contributed by atoms with E-state index in [1.54, 1.807) is 0 Å². The van der Waals surface area contributed by atoms with Gasteiger partial charge in [-0.25, -0.2) is 0 Å². The van der Waals surface area contributed by atoms with E-state index in [0.717, 1.165) is 18.9 Å². The first-order valence-corrected chi connectivity index (χ1v) is 5.39. The van der Waals surface area contributed by atoms with Crippen molar-refractivity contribution in [3.63, 3.8) is 0 Å². The fourth-order valence-corrected chi connectivity index (χ4v) is 1.52. The molecule has 16 heavy (non-hydrogen) atoms. The summed E-state index contributed by atoms with van der Waals surface area (Å²) < 4.78 is 0. The van der Waals surface area contributed by atoms with Gasteiger partial charge < -0.3 is 9.80 Å². The summed E-state index contributed by atoms with van der Waals surface area (Å²) in [5.41, 5.74) is 1.27. The lowest BCUT2D eigenvalue weighted by Gasteiger charge is -2.22. The number of hydrogen-bond donors (Lipinski definition) is 0. The molecule has 0 amide bonds. The van der Waals surface area contributed by atoms with Gasteiger partial charge in [-0.1, -0.05) is 0 Å². The molecule has 0 bridgehead atoms. The van der Waals surface area contributed by atoms with E-state index in [4.69, 9.17) is 0 Å². The molecule has 0 atom stereocenters. The van der Waals surface area contributed by atoms with Gasteiger partial charge >= 0.3 is 0 Å². The largest absolute Gasteiger partial charge is 0.349 e. The summed E-state index contributed by atoms with van der Waals surface area (Å²) in [5.74, 6) is 0.994. The first-order valence-electron chi connectivity index (χ1n) is 5.39. The molecule has 0 aliphatic rings. The highest BCUT2D eigenvalue weighted by Gasteiger charge is 2.02. The second kappa shape index (κ2) is 6.10. The maximum absolute atomic E-state index is 4.57. The Morgan fingerprint density at radius 2 is 1.69 bits per heavy atom. The molecule has 1 heterocycles. The molecule has 1 aromatic rings. The van der Waals surface area contributed by atoms with Crippen molar-refractivity contribution in [1.82, 2.24) is 14.8 Å². The predicted octanol–water partition coefficient (Wildman–Crippen LogP) is 1.10. The lowest BCUT2D eigenvalue weighted by atomic mass is 10.2. The molecule has 1 rings (SSSR count). The maximum atomic E-state index is 4.57. The second-order valence-electron chi connectivity index (χ2n) is 4.08. The lowest BCUT2D eigenvalue weighted by Crippen LogP contribution is -2.35. The highest BCUT2D eigenvalue weighted by Crippen LogP contribution is 1.98. The SMILES string of the molecule is CN(C)C(=NCCc1ccncc1)N(C)C. The van der Waals surface area contributed by atoms with Gasteiger partial charge in [-0.15, -0.1) is 0 Å². The Morgan fingerprint density at radius 3 is 2.19 bits per heavy atom. The molecule has 0 aliphatic carbocycles. The third-order valence-electron chi connectivity index (χ3n) is 2.20. The number of hydrogen-bond acceptors (Lipinski definition) is 2. The van der Waals surface area contributed by atoms with Crippen LogP contribution in [0.5, 0.6) is 0 Å². The average Bonchev–Trinajstić information content (AvgIpc) is 2.24. The van der Waals surface area contributed by atoms with Crippen molar-refractivity contribution in [3.05, 3.63) is 30.1 Å². The maximum Gasteiger partial charge on any atom is 0.195 e. The van der Waals surface area contributed by atoms with Gasteiger partial charge in [0.2, 0.25) is 0 Å². The third-order valence-corrected chi connectivity index (χ3v) is 2.20. The molecule has 0 spiro atoms. The van der Waals surface area contributed by atoms with Crippen LogP contribution in [0.3, 0.4) is 0 Å². The first-order chi connectivity index (χ1) is 7.61. The Hall–Kier alpha value is -1.58. The van der Waals surface area contributed by atoms with Crippen LogP contribution in [0.4, 0.5) is 0 Å². The van der Waals surface area contributed by atoms with Crippen molar-refractivity contribution in [1.29, 1.82) is 0 Å². The average molecular weight is 220 g/mol. The number of aliphatic imine (C=N–C) groups is 1. The number of nitrogens with zero attached hydrogens (tertiary/aromatic N) is 4. The van der Waals surface area contributed by atoms with Crippen LogP contribution < -0.4 is 0 Å². The van der Waals surface area contributed by atoms with E-state index >= 15 is 0 Å². The van der Waals surface area contributed by atoms with Gasteiger partial charge in [0.15, 0.2) is 5.96 Å². The van der Waals surface area contributed by atoms with Crippen molar-refractivity contribution >= 4 is 5.96 Å². The molecule has 88 valence electrons. The number of guanidine groups is 1. The molecule has 0 saturated carbocycles. The summed E-state index contributed by atoms with van der Waals surface area (Å²) in [7, 11) is 8.02. The van der Waals surface area contributed by atoms with Crippen molar-refractivity contribution in [2.24, 2.45) is 4.99 Å². The number of aromatic nitrogens is 1. The van der Waals surface area contributed by atoms with E-state index in [9.17, 15) is 0 Å². The molecule has 4 nitrogen and oxygen atoms in total. The Labute approximate surface area is 97.6 Å². The zero-order chi connectivity index (χ0) is 12.0. The molecule has 0 unspecified atom stereocenters. The summed E-state index contributed by atoms with van der Waals surface area (Å²) in [6.45, 7) is 0.801. The zero-order valence-electron chi connectivity index (χ0n) is 10.5. The Morgan fingerprint density at radius 1 is 1.12 bits per heavy atom. The Balaban J connectivity index is 2.52. The molecule has 0 aromatic carbocycles. The van der Waals surface area contributed by atoms with Crippen LogP contribution in [-0.2, 0) is 6.42 Å². The standard InChI is InChI=1S/C12H20N4/c1-15(2)12(16(3)4)14-10-7-11-5-8-13-9-6-11/h5-6,8-9H,7,10H2,1-4H3. The van der Waals surface area contributed by atoms with Gasteiger partial charge in [-0.3, -0.25) is 9.98 Å². The summed E-state index contributed by atoms with van der Waals surface area (Å²) in [4.78, 5) is 12.6. The molecule has 0 radical (unpaired) electrons. The number of pyridine rings is 1. The first kappa shape index (κ1) is 12.5. The quantitative estimate of drug-likeness (QED) is 0.565. The molecule has 0 saturated heterocycles. The van der Waals surface area contributed by atoms with E-state index in [2.05, 4.69) is 9.98 Å². The van der Waals surface area contributed by atoms with Crippen LogP contribution in [0.15, 0.2) is 29.5 Å². The van der Waals surface area contributed by atoms with Gasteiger partial charge in [0.1, 0.15) is 0 Å².